The Hall–Kier alpha value is -2.36. The fourth-order valence-corrected chi connectivity index (χ4v) is 6.66. The van der Waals surface area contributed by atoms with Crippen LogP contribution in [0, 0.1) is 0 Å². The lowest BCUT2D eigenvalue weighted by Gasteiger charge is -2.49. The number of rotatable bonds is 14. The maximum absolute atomic E-state index is 12.3. The summed E-state index contributed by atoms with van der Waals surface area (Å²) < 4.78 is 74.3. The first-order chi connectivity index (χ1) is 24.7. The molecule has 0 saturated carbocycles. The minimum absolute atomic E-state index is 0.716. The number of ether oxygens (including phenoxy) is 7. The lowest BCUT2D eigenvalue weighted by Crippen LogP contribution is -2.70. The largest absolute Gasteiger partial charge is 0.479 e. The molecule has 0 radical (unpaired) electrons. The number of aliphatic hydroxyl groups is 9. The van der Waals surface area contributed by atoms with Gasteiger partial charge in [0.25, 0.3) is 0 Å². The van der Waals surface area contributed by atoms with Crippen molar-refractivity contribution in [2.75, 3.05) is 19.8 Å². The van der Waals surface area contributed by atoms with Crippen LogP contribution in [0.15, 0.2) is 0 Å². The molecule has 0 aliphatic carbocycles. The highest BCUT2D eigenvalue weighted by Crippen LogP contribution is 2.35. The van der Waals surface area contributed by atoms with E-state index in [2.05, 4.69) is 9.50 Å². The summed E-state index contributed by atoms with van der Waals surface area (Å²) in [5.74, 6) is -4.66. The van der Waals surface area contributed by atoms with Crippen molar-refractivity contribution in [2.45, 2.75) is 123 Å². The number of carbonyl (C=O) groups is 3. The SMILES string of the molecule is CC(=O)N[C@H]1[C@@H](O[C@H]2[C@H](O)[C@@H](O)[C@H](O[C@H]3[C@H](O)[C@@H](CO)O[C@@H]3CO)O[C@@H]2C(=O)O)O[C@H](CO)[C@@H](O[C@@H]2O[C@@H](C(=O)O)[C@@H](O)[C@H](O)[C@H]2OS(=O)(=O)O)[C@@H]1O. The molecule has 4 aliphatic rings. The monoisotopic (exact) mass is 799 g/mol. The molecule has 26 nitrogen and oxygen atoms in total. The molecule has 4 aliphatic heterocycles. The summed E-state index contributed by atoms with van der Waals surface area (Å²) in [5, 5.41) is 115. The molecule has 27 heteroatoms. The molecule has 13 N–H and O–H groups in total. The molecule has 4 saturated heterocycles. The summed E-state index contributed by atoms with van der Waals surface area (Å²) in [5.41, 5.74) is 0. The first-order valence-electron chi connectivity index (χ1n) is 15.6. The Balaban J connectivity index is 1.59. The molecule has 0 spiro atoms. The zero-order valence-electron chi connectivity index (χ0n) is 27.2. The standard InChI is InChI=1S/C26H41NO25S/c1-5(31)27-9-11(33)17(48-26-20(52-53(42,43)44)13(35)12(34)19(50-26)22(38)39)8(4-30)46-24(9)49-18-14(36)15(37)25(51-21(18)23(40)41)47-16-7(3-29)45-6(2-28)10(16)32/h6-21,24-26,28-30,32-37H,2-4H2,1H3,(H,27,31)(H,38,39)(H,40,41)(H,42,43,44)/t6-,7-,8-,9-,10-,11-,12+,13+,14-,15-,16-,17-,18+,19-,20-,21+,24-,25-,26-/m1/s1. The molecule has 306 valence electrons. The van der Waals surface area contributed by atoms with Gasteiger partial charge >= 0.3 is 22.3 Å². The van der Waals surface area contributed by atoms with Crippen molar-refractivity contribution >= 4 is 28.2 Å². The Morgan fingerprint density at radius 1 is 0.585 bits per heavy atom. The van der Waals surface area contributed by atoms with Gasteiger partial charge in [-0.2, -0.15) is 8.42 Å². The minimum Gasteiger partial charge on any atom is -0.479 e. The predicted molar refractivity (Wildman–Crippen MR) is 156 cm³/mol. The average Bonchev–Trinajstić information content (AvgIpc) is 3.38. The van der Waals surface area contributed by atoms with Crippen LogP contribution in [0.2, 0.25) is 0 Å². The summed E-state index contributed by atoms with van der Waals surface area (Å²) in [7, 11) is -5.47. The van der Waals surface area contributed by atoms with Crippen molar-refractivity contribution < 1.29 is 121 Å². The van der Waals surface area contributed by atoms with Gasteiger partial charge in [0.05, 0.1) is 19.8 Å². The van der Waals surface area contributed by atoms with E-state index in [0.29, 0.717) is 0 Å². The van der Waals surface area contributed by atoms with Crippen LogP contribution in [0.25, 0.3) is 0 Å². The van der Waals surface area contributed by atoms with E-state index >= 15 is 0 Å². The molecule has 0 unspecified atom stereocenters. The third-order valence-electron chi connectivity index (χ3n) is 8.70. The minimum atomic E-state index is -5.47. The Kier molecular flexibility index (Phi) is 14.4. The number of aliphatic carboxylic acids is 2. The van der Waals surface area contributed by atoms with Crippen molar-refractivity contribution in [3.8, 4) is 0 Å². The molecule has 0 aromatic carbocycles. The van der Waals surface area contributed by atoms with Crippen LogP contribution in [0.4, 0.5) is 0 Å². The van der Waals surface area contributed by atoms with Gasteiger partial charge in [-0.05, 0) is 0 Å². The second-order valence-electron chi connectivity index (χ2n) is 12.3. The molecule has 4 heterocycles. The van der Waals surface area contributed by atoms with E-state index in [-0.39, 0.29) is 0 Å². The fourth-order valence-electron chi connectivity index (χ4n) is 6.18. The van der Waals surface area contributed by atoms with Crippen LogP contribution in [-0.2, 0) is 62.1 Å². The summed E-state index contributed by atoms with van der Waals surface area (Å²) in [4.78, 5) is 36.2. The number of carboxylic acid groups (broad SMARTS) is 2. The first kappa shape index (κ1) is 43.4. The van der Waals surface area contributed by atoms with Gasteiger partial charge in [0.15, 0.2) is 37.2 Å². The van der Waals surface area contributed by atoms with Crippen molar-refractivity contribution in [1.29, 1.82) is 0 Å². The van der Waals surface area contributed by atoms with Crippen molar-refractivity contribution in [3.63, 3.8) is 0 Å². The Labute approximate surface area is 297 Å². The topological polar surface area (TPSA) is 414 Å². The average molecular weight is 800 g/mol. The molecular weight excluding hydrogens is 758 g/mol. The molecule has 0 bridgehead atoms. The fraction of sp³-hybridized carbons (Fsp3) is 0.885. The molecule has 0 aromatic heterocycles. The molecule has 53 heavy (non-hydrogen) atoms. The highest BCUT2D eigenvalue weighted by Gasteiger charge is 2.57. The van der Waals surface area contributed by atoms with Crippen LogP contribution < -0.4 is 5.32 Å². The van der Waals surface area contributed by atoms with E-state index in [9.17, 15) is 83.5 Å². The van der Waals surface area contributed by atoms with Gasteiger partial charge in [-0.15, -0.1) is 0 Å². The van der Waals surface area contributed by atoms with Gasteiger partial charge in [0.1, 0.15) is 79.3 Å². The predicted octanol–water partition coefficient (Wildman–Crippen LogP) is -8.91. The van der Waals surface area contributed by atoms with Gasteiger partial charge in [-0.3, -0.25) is 9.35 Å². The maximum Gasteiger partial charge on any atom is 0.397 e. The van der Waals surface area contributed by atoms with E-state index in [1.54, 1.807) is 0 Å². The van der Waals surface area contributed by atoms with Crippen LogP contribution in [0.1, 0.15) is 6.92 Å². The Morgan fingerprint density at radius 3 is 1.60 bits per heavy atom. The maximum atomic E-state index is 12.3. The van der Waals surface area contributed by atoms with Gasteiger partial charge in [-0.25, -0.2) is 13.8 Å². The highest BCUT2D eigenvalue weighted by atomic mass is 32.3. The third-order valence-corrected chi connectivity index (χ3v) is 9.17. The second-order valence-corrected chi connectivity index (χ2v) is 13.3. The first-order valence-corrected chi connectivity index (χ1v) is 17.0. The number of hydrogen-bond donors (Lipinski definition) is 13. The molecule has 4 rings (SSSR count). The van der Waals surface area contributed by atoms with Gasteiger partial charge in [-0.1, -0.05) is 0 Å². The lowest BCUT2D eigenvalue weighted by molar-refractivity contribution is -0.363. The van der Waals surface area contributed by atoms with Gasteiger partial charge < -0.3 is 94.6 Å². The lowest BCUT2D eigenvalue weighted by atomic mass is 9.94. The van der Waals surface area contributed by atoms with E-state index < -0.39 is 165 Å². The van der Waals surface area contributed by atoms with Crippen LogP contribution in [0.3, 0.4) is 0 Å². The molecule has 4 fully saturated rings. The number of amides is 1. The molecule has 0 aromatic rings. The highest BCUT2D eigenvalue weighted by molar-refractivity contribution is 7.80. The zero-order chi connectivity index (χ0) is 39.7. The van der Waals surface area contributed by atoms with Crippen LogP contribution >= 0.6 is 0 Å². The van der Waals surface area contributed by atoms with E-state index in [1.165, 1.54) is 0 Å². The van der Waals surface area contributed by atoms with Crippen molar-refractivity contribution in [2.24, 2.45) is 0 Å². The van der Waals surface area contributed by atoms with Crippen LogP contribution in [0.5, 0.6) is 0 Å². The number of aliphatic hydroxyl groups excluding tert-OH is 9. The number of nitrogens with one attached hydrogen (secondary N) is 1. The van der Waals surface area contributed by atoms with Crippen molar-refractivity contribution in [3.05, 3.63) is 0 Å². The third kappa shape index (κ3) is 9.55. The normalized spacial score (nSPS) is 45.1. The second kappa shape index (κ2) is 17.6. The summed E-state index contributed by atoms with van der Waals surface area (Å²) >= 11 is 0. The number of hydrogen-bond acceptors (Lipinski definition) is 22. The Morgan fingerprint density at radius 2 is 1.08 bits per heavy atom. The Bertz CT molecular complexity index is 1390. The summed E-state index contributed by atoms with van der Waals surface area (Å²) in [6.07, 6.45) is -36.6. The number of carboxylic acids is 2. The summed E-state index contributed by atoms with van der Waals surface area (Å²) in [6.45, 7) is -1.69. The van der Waals surface area contributed by atoms with Gasteiger partial charge in [0.2, 0.25) is 5.91 Å². The molecule has 19 atom stereocenters. The van der Waals surface area contributed by atoms with Crippen molar-refractivity contribution in [1.82, 2.24) is 5.32 Å². The number of carbonyl (C=O) groups excluding carboxylic acids is 1. The molecular formula is C26H41NO25S. The van der Waals surface area contributed by atoms with Gasteiger partial charge in [0, 0.05) is 6.92 Å². The zero-order valence-corrected chi connectivity index (χ0v) is 28.0. The quantitative estimate of drug-likeness (QED) is 0.0725. The van der Waals surface area contributed by atoms with E-state index in [0.717, 1.165) is 6.92 Å². The van der Waals surface area contributed by atoms with E-state index in [1.807, 2.05) is 0 Å². The van der Waals surface area contributed by atoms with E-state index in [4.69, 9.17) is 33.2 Å². The summed E-state index contributed by atoms with van der Waals surface area (Å²) in [6, 6.07) is -1.88. The van der Waals surface area contributed by atoms with Crippen LogP contribution in [-0.4, -0.2) is 223 Å². The smallest absolute Gasteiger partial charge is 0.397 e. The molecule has 1 amide bonds.